The van der Waals surface area contributed by atoms with Crippen molar-refractivity contribution in [2.45, 2.75) is 40.2 Å². The van der Waals surface area contributed by atoms with Gasteiger partial charge in [0.25, 0.3) is 0 Å². The summed E-state index contributed by atoms with van der Waals surface area (Å²) in [6.45, 7) is 13.4. The van der Waals surface area contributed by atoms with Crippen LogP contribution in [0.15, 0.2) is 23.2 Å². The van der Waals surface area contributed by atoms with E-state index in [9.17, 15) is 0 Å². The number of aryl methyl sites for hydroxylation is 1. The second kappa shape index (κ2) is 14.0. The molecule has 0 spiro atoms. The highest BCUT2D eigenvalue weighted by atomic mass is 127. The molecule has 0 saturated carbocycles. The molecule has 0 bridgehead atoms. The zero-order valence-electron chi connectivity index (χ0n) is 17.6. The predicted molar refractivity (Wildman–Crippen MR) is 127 cm³/mol. The molecule has 0 aliphatic carbocycles. The molecule has 0 amide bonds. The van der Waals surface area contributed by atoms with Gasteiger partial charge in [0.1, 0.15) is 5.75 Å². The Balaban J connectivity index is 0.00000392. The van der Waals surface area contributed by atoms with Gasteiger partial charge < -0.3 is 20.5 Å². The fourth-order valence-electron chi connectivity index (χ4n) is 2.90. The molecular formula is C21H37IN4O2. The van der Waals surface area contributed by atoms with E-state index in [4.69, 9.17) is 15.2 Å². The van der Waals surface area contributed by atoms with Crippen LogP contribution in [0.2, 0.25) is 0 Å². The maximum Gasteiger partial charge on any atom is 0.188 e. The lowest BCUT2D eigenvalue weighted by atomic mass is 10.1. The van der Waals surface area contributed by atoms with E-state index in [1.807, 2.05) is 0 Å². The number of morpholine rings is 1. The van der Waals surface area contributed by atoms with Crippen LogP contribution >= 0.6 is 24.0 Å². The van der Waals surface area contributed by atoms with E-state index in [-0.39, 0.29) is 24.0 Å². The van der Waals surface area contributed by atoms with Crippen molar-refractivity contribution in [2.75, 3.05) is 46.0 Å². The summed E-state index contributed by atoms with van der Waals surface area (Å²) in [6.07, 6.45) is 2.09. The average molecular weight is 504 g/mol. The number of hydrogen-bond acceptors (Lipinski definition) is 4. The van der Waals surface area contributed by atoms with Gasteiger partial charge in [0, 0.05) is 25.2 Å². The molecule has 160 valence electrons. The number of aliphatic imine (C=N–C) groups is 1. The third kappa shape index (κ3) is 9.93. The van der Waals surface area contributed by atoms with Gasteiger partial charge in [-0.3, -0.25) is 4.90 Å². The molecule has 1 fully saturated rings. The number of halogens is 1. The molecule has 0 atom stereocenters. The number of ether oxygens (including phenoxy) is 2. The lowest BCUT2D eigenvalue weighted by Crippen LogP contribution is -2.39. The minimum absolute atomic E-state index is 0. The van der Waals surface area contributed by atoms with Crippen LogP contribution in [0.5, 0.6) is 5.75 Å². The number of nitrogens with two attached hydrogens (primary N) is 1. The topological polar surface area (TPSA) is 72.1 Å². The highest BCUT2D eigenvalue weighted by molar-refractivity contribution is 14.0. The lowest BCUT2D eigenvalue weighted by molar-refractivity contribution is 0.0376. The molecule has 6 nitrogen and oxygen atoms in total. The van der Waals surface area contributed by atoms with E-state index in [2.05, 4.69) is 54.2 Å². The molecule has 3 N–H and O–H groups in total. The Morgan fingerprint density at radius 1 is 1.32 bits per heavy atom. The number of guanidine groups is 1. The summed E-state index contributed by atoms with van der Waals surface area (Å²) in [5.74, 6) is 2.04. The number of nitrogens with one attached hydrogen (secondary N) is 1. The molecule has 1 heterocycles. The van der Waals surface area contributed by atoms with Crippen molar-refractivity contribution < 1.29 is 9.47 Å². The molecule has 2 rings (SSSR count). The van der Waals surface area contributed by atoms with Gasteiger partial charge in [-0.05, 0) is 43.9 Å². The Kier molecular flexibility index (Phi) is 12.5. The third-order valence-corrected chi connectivity index (χ3v) is 4.66. The van der Waals surface area contributed by atoms with Gasteiger partial charge in [0.05, 0.1) is 26.4 Å². The van der Waals surface area contributed by atoms with Gasteiger partial charge in [-0.1, -0.05) is 26.0 Å². The number of hydrogen-bond donors (Lipinski definition) is 2. The van der Waals surface area contributed by atoms with Crippen LogP contribution in [0.3, 0.4) is 0 Å². The Hall–Kier alpha value is -1.06. The highest BCUT2D eigenvalue weighted by Gasteiger charge is 2.09. The molecule has 1 aliphatic rings. The summed E-state index contributed by atoms with van der Waals surface area (Å²) in [7, 11) is 0. The monoisotopic (exact) mass is 504 g/mol. The quantitative estimate of drug-likeness (QED) is 0.222. The normalized spacial score (nSPS) is 15.4. The third-order valence-electron chi connectivity index (χ3n) is 4.66. The van der Waals surface area contributed by atoms with Gasteiger partial charge in [-0.15, -0.1) is 24.0 Å². The van der Waals surface area contributed by atoms with Crippen molar-refractivity contribution in [1.29, 1.82) is 0 Å². The first-order valence-electron chi connectivity index (χ1n) is 10.1. The fraction of sp³-hybridized carbons (Fsp3) is 0.667. The molecule has 28 heavy (non-hydrogen) atoms. The first-order chi connectivity index (χ1) is 13.0. The molecular weight excluding hydrogens is 467 g/mol. The molecule has 0 unspecified atom stereocenters. The maximum atomic E-state index is 6.03. The Morgan fingerprint density at radius 3 is 2.79 bits per heavy atom. The lowest BCUT2D eigenvalue weighted by Gasteiger charge is -2.26. The Bertz CT molecular complexity index is 590. The van der Waals surface area contributed by atoms with Gasteiger partial charge in [0.15, 0.2) is 5.96 Å². The first kappa shape index (κ1) is 25.0. The Morgan fingerprint density at radius 2 is 2.07 bits per heavy atom. The second-order valence-corrected chi connectivity index (χ2v) is 7.58. The summed E-state index contributed by atoms with van der Waals surface area (Å²) in [5, 5.41) is 3.21. The van der Waals surface area contributed by atoms with Crippen molar-refractivity contribution in [3.05, 3.63) is 29.3 Å². The zero-order valence-corrected chi connectivity index (χ0v) is 19.9. The number of rotatable bonds is 10. The van der Waals surface area contributed by atoms with Crippen LogP contribution in [0.4, 0.5) is 0 Å². The molecule has 1 aromatic rings. The first-order valence-corrected chi connectivity index (χ1v) is 10.1. The van der Waals surface area contributed by atoms with E-state index in [0.29, 0.717) is 18.4 Å². The highest BCUT2D eigenvalue weighted by Crippen LogP contribution is 2.22. The summed E-state index contributed by atoms with van der Waals surface area (Å²) >= 11 is 0. The Labute approximate surface area is 187 Å². The van der Waals surface area contributed by atoms with Crippen molar-refractivity contribution in [3.63, 3.8) is 0 Å². The molecule has 1 saturated heterocycles. The van der Waals surface area contributed by atoms with Gasteiger partial charge in [-0.2, -0.15) is 0 Å². The average Bonchev–Trinajstić information content (AvgIpc) is 2.65. The van der Waals surface area contributed by atoms with Crippen molar-refractivity contribution in [3.8, 4) is 5.75 Å². The molecule has 0 radical (unpaired) electrons. The fourth-order valence-corrected chi connectivity index (χ4v) is 2.90. The minimum Gasteiger partial charge on any atom is -0.493 e. The van der Waals surface area contributed by atoms with E-state index in [1.165, 1.54) is 5.56 Å². The molecule has 0 aromatic heterocycles. The van der Waals surface area contributed by atoms with Crippen LogP contribution in [0.25, 0.3) is 0 Å². The molecule has 7 heteroatoms. The smallest absolute Gasteiger partial charge is 0.188 e. The summed E-state index contributed by atoms with van der Waals surface area (Å²) in [5.41, 5.74) is 8.29. The number of nitrogens with zero attached hydrogens (tertiary/aromatic N) is 2. The predicted octanol–water partition coefficient (Wildman–Crippen LogP) is 3.16. The number of benzene rings is 1. The van der Waals surface area contributed by atoms with Crippen LogP contribution in [-0.4, -0.2) is 56.9 Å². The summed E-state index contributed by atoms with van der Waals surface area (Å²) in [6, 6.07) is 6.25. The largest absolute Gasteiger partial charge is 0.493 e. The standard InChI is InChI=1S/C21H36N4O2.HI/c1-17(2)7-12-27-20-15-18(3)5-6-19(20)16-24-21(22)23-8-4-9-25-10-13-26-14-11-25;/h5-6,15,17H,4,7-14,16H2,1-3H3,(H3,22,23,24);1H. The van der Waals surface area contributed by atoms with Crippen molar-refractivity contribution in [2.24, 2.45) is 16.6 Å². The SMILES string of the molecule is Cc1ccc(CN=C(N)NCCCN2CCOCC2)c(OCCC(C)C)c1.I. The molecule has 1 aliphatic heterocycles. The van der Waals surface area contributed by atoms with E-state index in [1.54, 1.807) is 0 Å². The van der Waals surface area contributed by atoms with Gasteiger partial charge in [-0.25, -0.2) is 4.99 Å². The zero-order chi connectivity index (χ0) is 19.5. The van der Waals surface area contributed by atoms with Crippen LogP contribution in [0, 0.1) is 12.8 Å². The van der Waals surface area contributed by atoms with E-state index < -0.39 is 0 Å². The molecule has 1 aromatic carbocycles. The van der Waals surface area contributed by atoms with E-state index in [0.717, 1.165) is 70.2 Å². The van der Waals surface area contributed by atoms with Gasteiger partial charge >= 0.3 is 0 Å². The maximum absolute atomic E-state index is 6.03. The second-order valence-electron chi connectivity index (χ2n) is 7.58. The summed E-state index contributed by atoms with van der Waals surface area (Å²) < 4.78 is 11.3. The van der Waals surface area contributed by atoms with Crippen molar-refractivity contribution >= 4 is 29.9 Å². The summed E-state index contributed by atoms with van der Waals surface area (Å²) in [4.78, 5) is 6.90. The van der Waals surface area contributed by atoms with Crippen LogP contribution in [-0.2, 0) is 11.3 Å². The van der Waals surface area contributed by atoms with Crippen LogP contribution in [0.1, 0.15) is 37.8 Å². The van der Waals surface area contributed by atoms with Crippen LogP contribution < -0.4 is 15.8 Å². The van der Waals surface area contributed by atoms with Gasteiger partial charge in [0.2, 0.25) is 0 Å². The minimum atomic E-state index is 0. The van der Waals surface area contributed by atoms with E-state index >= 15 is 0 Å². The van der Waals surface area contributed by atoms with Crippen molar-refractivity contribution in [1.82, 2.24) is 10.2 Å².